The Kier molecular flexibility index (Phi) is 5.04. The van der Waals surface area contributed by atoms with E-state index in [1.807, 2.05) is 44.2 Å². The number of rotatable bonds is 6. The van der Waals surface area contributed by atoms with Crippen molar-refractivity contribution in [1.82, 2.24) is 24.9 Å². The van der Waals surface area contributed by atoms with Crippen LogP contribution in [0.2, 0.25) is 0 Å². The normalized spacial score (nSPS) is 11.0. The van der Waals surface area contributed by atoms with E-state index in [1.54, 1.807) is 4.52 Å². The molecule has 0 atom stereocenters. The molecule has 1 aromatic carbocycles. The smallest absolute Gasteiger partial charge is 0.252 e. The number of nitrogens with one attached hydrogen (secondary N) is 1. The van der Waals surface area contributed by atoms with Crippen LogP contribution in [0.5, 0.6) is 0 Å². The molecule has 0 aliphatic rings. The molecule has 0 unspecified atom stereocenters. The zero-order chi connectivity index (χ0) is 17.8. The molecule has 130 valence electrons. The molecular formula is C18H21N5O2. The number of nitrogens with zero attached hydrogens (tertiary/aromatic N) is 4. The predicted molar refractivity (Wildman–Crippen MR) is 93.0 cm³/mol. The summed E-state index contributed by atoms with van der Waals surface area (Å²) in [7, 11) is 0. The third kappa shape index (κ3) is 4.19. The van der Waals surface area contributed by atoms with Crippen molar-refractivity contribution in [2.45, 2.75) is 33.3 Å². The molecular weight excluding hydrogens is 318 g/mol. The topological polar surface area (TPSA) is 92.4 Å². The summed E-state index contributed by atoms with van der Waals surface area (Å²) < 4.78 is 1.65. The van der Waals surface area contributed by atoms with E-state index in [1.165, 1.54) is 0 Å². The molecule has 0 saturated heterocycles. The van der Waals surface area contributed by atoms with Crippen LogP contribution in [-0.4, -0.2) is 37.1 Å². The average molecular weight is 339 g/mol. The molecule has 25 heavy (non-hydrogen) atoms. The summed E-state index contributed by atoms with van der Waals surface area (Å²) in [6.45, 7) is 4.42. The Labute approximate surface area is 145 Å². The van der Waals surface area contributed by atoms with Gasteiger partial charge in [0.05, 0.1) is 13.0 Å². The van der Waals surface area contributed by atoms with E-state index in [0.717, 1.165) is 28.9 Å². The molecule has 0 bridgehead atoms. The molecule has 0 spiro atoms. The van der Waals surface area contributed by atoms with Gasteiger partial charge in [0, 0.05) is 17.9 Å². The van der Waals surface area contributed by atoms with Gasteiger partial charge in [-0.15, -0.1) is 5.10 Å². The molecule has 0 fully saturated rings. The first-order valence-corrected chi connectivity index (χ1v) is 8.20. The van der Waals surface area contributed by atoms with Crippen LogP contribution < -0.4 is 5.32 Å². The van der Waals surface area contributed by atoms with Gasteiger partial charge < -0.3 is 10.4 Å². The number of amides is 1. The van der Waals surface area contributed by atoms with Crippen molar-refractivity contribution >= 4 is 11.7 Å². The maximum atomic E-state index is 12.1. The lowest BCUT2D eigenvalue weighted by Gasteiger charge is -2.05. The number of carbonyl (C=O) groups is 1. The zero-order valence-electron chi connectivity index (χ0n) is 14.4. The van der Waals surface area contributed by atoms with Gasteiger partial charge in [-0.1, -0.05) is 24.3 Å². The van der Waals surface area contributed by atoms with Crippen molar-refractivity contribution in [3.63, 3.8) is 0 Å². The molecule has 3 rings (SSSR count). The molecule has 3 aromatic rings. The SMILES string of the molecule is Cc1cc(C)n2nc(CC(=O)NCCc3ccc(CO)cc3)nc2n1. The van der Waals surface area contributed by atoms with Crippen molar-refractivity contribution in [1.29, 1.82) is 0 Å². The van der Waals surface area contributed by atoms with E-state index >= 15 is 0 Å². The van der Waals surface area contributed by atoms with E-state index in [2.05, 4.69) is 20.4 Å². The molecule has 7 nitrogen and oxygen atoms in total. The van der Waals surface area contributed by atoms with Gasteiger partial charge in [0.2, 0.25) is 5.91 Å². The van der Waals surface area contributed by atoms with Crippen LogP contribution in [0, 0.1) is 13.8 Å². The fraction of sp³-hybridized carbons (Fsp3) is 0.333. The van der Waals surface area contributed by atoms with E-state index < -0.39 is 0 Å². The van der Waals surface area contributed by atoms with Crippen molar-refractivity contribution in [3.05, 3.63) is 58.7 Å². The largest absolute Gasteiger partial charge is 0.392 e. The summed E-state index contributed by atoms with van der Waals surface area (Å²) in [5.74, 6) is 0.868. The van der Waals surface area contributed by atoms with Crippen molar-refractivity contribution < 1.29 is 9.90 Å². The van der Waals surface area contributed by atoms with Crippen molar-refractivity contribution in [3.8, 4) is 0 Å². The van der Waals surface area contributed by atoms with Crippen molar-refractivity contribution in [2.75, 3.05) is 6.54 Å². The highest BCUT2D eigenvalue weighted by Crippen LogP contribution is 2.06. The number of benzene rings is 1. The molecule has 2 heterocycles. The summed E-state index contributed by atoms with van der Waals surface area (Å²) in [4.78, 5) is 20.7. The number of aryl methyl sites for hydroxylation is 2. The first kappa shape index (κ1) is 17.0. The molecule has 0 aliphatic heterocycles. The average Bonchev–Trinajstić information content (AvgIpc) is 2.98. The molecule has 7 heteroatoms. The predicted octanol–water partition coefficient (Wildman–Crippen LogP) is 1.13. The standard InChI is InChI=1S/C18H21N5O2/c1-12-9-13(2)23-18(20-12)21-16(22-23)10-17(25)19-8-7-14-3-5-15(11-24)6-4-14/h3-6,9,24H,7-8,10-11H2,1-2H3,(H,19,25). The number of aliphatic hydroxyl groups excluding tert-OH is 1. The van der Waals surface area contributed by atoms with Gasteiger partial charge in [-0.3, -0.25) is 4.79 Å². The molecule has 0 saturated carbocycles. The maximum absolute atomic E-state index is 12.1. The fourth-order valence-electron chi connectivity index (χ4n) is 2.65. The number of hydrogen-bond donors (Lipinski definition) is 2. The quantitative estimate of drug-likeness (QED) is 0.702. The molecule has 1 amide bonds. The summed E-state index contributed by atoms with van der Waals surface area (Å²) in [6, 6.07) is 9.61. The van der Waals surface area contributed by atoms with Crippen LogP contribution in [-0.2, 0) is 24.2 Å². The molecule has 2 N–H and O–H groups in total. The van der Waals surface area contributed by atoms with Crippen LogP contribution >= 0.6 is 0 Å². The highest BCUT2D eigenvalue weighted by Gasteiger charge is 2.11. The van der Waals surface area contributed by atoms with E-state index in [9.17, 15) is 4.79 Å². The summed E-state index contributed by atoms with van der Waals surface area (Å²) in [5, 5.41) is 16.2. The highest BCUT2D eigenvalue weighted by atomic mass is 16.3. The summed E-state index contributed by atoms with van der Waals surface area (Å²) in [6.07, 6.45) is 0.862. The number of carbonyl (C=O) groups excluding carboxylic acids is 1. The minimum absolute atomic E-state index is 0.0386. The Morgan fingerprint density at radius 2 is 1.88 bits per heavy atom. The van der Waals surface area contributed by atoms with E-state index in [-0.39, 0.29) is 18.9 Å². The lowest BCUT2D eigenvalue weighted by atomic mass is 10.1. The van der Waals surface area contributed by atoms with Gasteiger partial charge in [0.25, 0.3) is 5.78 Å². The second-order valence-corrected chi connectivity index (χ2v) is 6.03. The number of aromatic nitrogens is 4. The van der Waals surface area contributed by atoms with E-state index in [0.29, 0.717) is 18.1 Å². The highest BCUT2D eigenvalue weighted by molar-refractivity contribution is 5.77. The number of aliphatic hydroxyl groups is 1. The van der Waals surface area contributed by atoms with Crippen LogP contribution in [0.15, 0.2) is 30.3 Å². The van der Waals surface area contributed by atoms with Crippen LogP contribution in [0.3, 0.4) is 0 Å². The Balaban J connectivity index is 1.54. The Hall–Kier alpha value is -2.80. The number of fused-ring (bicyclic) bond motifs is 1. The first-order valence-electron chi connectivity index (χ1n) is 8.20. The molecule has 2 aromatic heterocycles. The van der Waals surface area contributed by atoms with Gasteiger partial charge in [0.15, 0.2) is 5.82 Å². The molecule has 0 radical (unpaired) electrons. The third-order valence-corrected chi connectivity index (χ3v) is 3.92. The van der Waals surface area contributed by atoms with Gasteiger partial charge in [-0.25, -0.2) is 9.50 Å². The van der Waals surface area contributed by atoms with Crippen LogP contribution in [0.25, 0.3) is 5.78 Å². The Morgan fingerprint density at radius 3 is 2.60 bits per heavy atom. The van der Waals surface area contributed by atoms with Crippen LogP contribution in [0.1, 0.15) is 28.3 Å². The second-order valence-electron chi connectivity index (χ2n) is 6.03. The minimum atomic E-state index is -0.114. The second kappa shape index (κ2) is 7.40. The maximum Gasteiger partial charge on any atom is 0.252 e. The monoisotopic (exact) mass is 339 g/mol. The van der Waals surface area contributed by atoms with Gasteiger partial charge in [0.1, 0.15) is 0 Å². The van der Waals surface area contributed by atoms with Gasteiger partial charge in [-0.2, -0.15) is 4.98 Å². The first-order chi connectivity index (χ1) is 12.0. The zero-order valence-corrected chi connectivity index (χ0v) is 14.4. The third-order valence-electron chi connectivity index (χ3n) is 3.92. The molecule has 0 aliphatic carbocycles. The lowest BCUT2D eigenvalue weighted by Crippen LogP contribution is -2.27. The van der Waals surface area contributed by atoms with E-state index in [4.69, 9.17) is 5.11 Å². The Morgan fingerprint density at radius 1 is 1.16 bits per heavy atom. The Bertz CT molecular complexity index is 886. The lowest BCUT2D eigenvalue weighted by molar-refractivity contribution is -0.120. The van der Waals surface area contributed by atoms with Gasteiger partial charge >= 0.3 is 0 Å². The van der Waals surface area contributed by atoms with Gasteiger partial charge in [-0.05, 0) is 37.5 Å². The fourth-order valence-corrected chi connectivity index (χ4v) is 2.65. The summed E-state index contributed by atoms with van der Waals surface area (Å²) >= 11 is 0. The van der Waals surface area contributed by atoms with Crippen LogP contribution in [0.4, 0.5) is 0 Å². The minimum Gasteiger partial charge on any atom is -0.392 e. The van der Waals surface area contributed by atoms with Crippen molar-refractivity contribution in [2.24, 2.45) is 0 Å². The summed E-state index contributed by atoms with van der Waals surface area (Å²) in [5.41, 5.74) is 3.80. The number of hydrogen-bond acceptors (Lipinski definition) is 5.